The van der Waals surface area contributed by atoms with Crippen molar-refractivity contribution < 1.29 is 14.7 Å². The summed E-state index contributed by atoms with van der Waals surface area (Å²) in [5, 5.41) is 17.7. The predicted octanol–water partition coefficient (Wildman–Crippen LogP) is 4.77. The number of aromatic carboxylic acids is 1. The van der Waals surface area contributed by atoms with Crippen LogP contribution in [0.15, 0.2) is 54.6 Å². The van der Waals surface area contributed by atoms with E-state index < -0.39 is 5.97 Å². The number of carbonyl (C=O) groups excluding carboxylic acids is 1. The molecule has 3 heterocycles. The smallest absolute Gasteiger partial charge is 0.335 e. The fraction of sp³-hybridized carbons (Fsp3) is 0.160. The Bertz CT molecular complexity index is 1410. The van der Waals surface area contributed by atoms with Gasteiger partial charge in [0.05, 0.1) is 11.3 Å². The summed E-state index contributed by atoms with van der Waals surface area (Å²) >= 11 is 6.11. The molecule has 1 unspecified atom stereocenters. The van der Waals surface area contributed by atoms with Gasteiger partial charge >= 0.3 is 5.97 Å². The van der Waals surface area contributed by atoms with Crippen molar-refractivity contribution in [3.8, 4) is 17.2 Å². The molecule has 0 fully saturated rings. The second-order valence-electron chi connectivity index (χ2n) is 8.21. The van der Waals surface area contributed by atoms with Crippen molar-refractivity contribution in [2.75, 3.05) is 5.32 Å². The minimum atomic E-state index is -1.00. The zero-order chi connectivity index (χ0) is 24.0. The number of amides is 1. The van der Waals surface area contributed by atoms with Crippen molar-refractivity contribution in [2.24, 2.45) is 0 Å². The third-order valence-electron chi connectivity index (χ3n) is 5.76. The summed E-state index contributed by atoms with van der Waals surface area (Å²) < 4.78 is 1.56. The molecule has 4 aromatic rings. The average Bonchev–Trinajstić information content (AvgIpc) is 3.18. The summed E-state index contributed by atoms with van der Waals surface area (Å²) in [6.07, 6.45) is 0.194. The van der Waals surface area contributed by atoms with Crippen LogP contribution in [0.25, 0.3) is 17.2 Å². The van der Waals surface area contributed by atoms with Gasteiger partial charge in [-0.3, -0.25) is 4.79 Å². The van der Waals surface area contributed by atoms with Crippen LogP contribution >= 0.6 is 11.6 Å². The van der Waals surface area contributed by atoms with E-state index in [-0.39, 0.29) is 23.8 Å². The van der Waals surface area contributed by atoms with Crippen molar-refractivity contribution in [3.05, 3.63) is 87.7 Å². The first-order chi connectivity index (χ1) is 16.3. The van der Waals surface area contributed by atoms with Crippen molar-refractivity contribution in [1.82, 2.24) is 19.7 Å². The number of nitrogens with zero attached hydrogens (tertiary/aromatic N) is 4. The van der Waals surface area contributed by atoms with Gasteiger partial charge in [-0.05, 0) is 49.7 Å². The maximum Gasteiger partial charge on any atom is 0.335 e. The van der Waals surface area contributed by atoms with Gasteiger partial charge in [0, 0.05) is 39.9 Å². The first kappa shape index (κ1) is 21.8. The number of halogens is 1. The van der Waals surface area contributed by atoms with E-state index in [2.05, 4.69) is 15.3 Å². The molecule has 1 aliphatic rings. The summed E-state index contributed by atoms with van der Waals surface area (Å²) in [6, 6.07) is 15.8. The lowest BCUT2D eigenvalue weighted by molar-refractivity contribution is -0.116. The van der Waals surface area contributed by atoms with E-state index in [1.54, 1.807) is 41.1 Å². The van der Waals surface area contributed by atoms with Crippen molar-refractivity contribution in [2.45, 2.75) is 26.2 Å². The van der Waals surface area contributed by atoms with Gasteiger partial charge in [0.1, 0.15) is 5.82 Å². The third-order valence-corrected chi connectivity index (χ3v) is 6.01. The topological polar surface area (TPSA) is 110 Å². The Labute approximate surface area is 200 Å². The van der Waals surface area contributed by atoms with E-state index in [4.69, 9.17) is 16.7 Å². The molecule has 2 aromatic heterocycles. The van der Waals surface area contributed by atoms with Crippen LogP contribution in [0.1, 0.15) is 45.2 Å². The lowest BCUT2D eigenvalue weighted by Crippen LogP contribution is -2.25. The van der Waals surface area contributed by atoms with Gasteiger partial charge in [0.2, 0.25) is 5.91 Å². The molecule has 2 N–H and O–H groups in total. The van der Waals surface area contributed by atoms with Crippen molar-refractivity contribution >= 4 is 29.3 Å². The average molecular weight is 474 g/mol. The standard InChI is InChI=1S/C25H20ClN5O3/c1-13-11-14(2)28-25(27-13)31-23-21(22(30-31)16-7-9-18(26)10-8-16)19(12-20(32)29-23)15-3-5-17(6-4-15)24(33)34/h3-11,19H,12H2,1-2H3,(H,29,32)(H,33,34). The van der Waals surface area contributed by atoms with E-state index in [9.17, 15) is 14.7 Å². The second kappa shape index (κ2) is 8.39. The monoisotopic (exact) mass is 473 g/mol. The zero-order valence-electron chi connectivity index (χ0n) is 18.4. The van der Waals surface area contributed by atoms with Crippen LogP contribution in [0.3, 0.4) is 0 Å². The number of aromatic nitrogens is 4. The lowest BCUT2D eigenvalue weighted by atomic mass is 9.84. The normalized spacial score (nSPS) is 15.0. The van der Waals surface area contributed by atoms with Crippen LogP contribution in [-0.4, -0.2) is 36.7 Å². The number of anilines is 1. The summed E-state index contributed by atoms with van der Waals surface area (Å²) in [5.74, 6) is -0.658. The molecule has 0 saturated carbocycles. The minimum Gasteiger partial charge on any atom is -0.478 e. The number of hydrogen-bond donors (Lipinski definition) is 2. The number of carbonyl (C=O) groups is 2. The van der Waals surface area contributed by atoms with Crippen LogP contribution in [0.2, 0.25) is 5.02 Å². The van der Waals surface area contributed by atoms with Gasteiger partial charge < -0.3 is 10.4 Å². The maximum absolute atomic E-state index is 12.8. The highest BCUT2D eigenvalue weighted by molar-refractivity contribution is 6.30. The van der Waals surface area contributed by atoms with Gasteiger partial charge in [0.25, 0.3) is 5.95 Å². The van der Waals surface area contributed by atoms with E-state index in [0.717, 1.165) is 28.1 Å². The molecule has 0 saturated heterocycles. The molecule has 1 amide bonds. The van der Waals surface area contributed by atoms with Crippen LogP contribution in [0.4, 0.5) is 5.82 Å². The highest BCUT2D eigenvalue weighted by atomic mass is 35.5. The summed E-state index contributed by atoms with van der Waals surface area (Å²) in [6.45, 7) is 3.75. The Balaban J connectivity index is 1.75. The number of hydrogen-bond acceptors (Lipinski definition) is 5. The Hall–Kier alpha value is -4.04. The summed E-state index contributed by atoms with van der Waals surface area (Å²) in [4.78, 5) is 33.2. The molecular formula is C25H20ClN5O3. The molecule has 0 bridgehead atoms. The van der Waals surface area contributed by atoms with E-state index in [0.29, 0.717) is 22.5 Å². The van der Waals surface area contributed by atoms with Crippen LogP contribution in [-0.2, 0) is 4.79 Å². The first-order valence-electron chi connectivity index (χ1n) is 10.6. The molecule has 0 aliphatic carbocycles. The van der Waals surface area contributed by atoms with Crippen molar-refractivity contribution in [1.29, 1.82) is 0 Å². The van der Waals surface area contributed by atoms with Gasteiger partial charge in [0.15, 0.2) is 0 Å². The maximum atomic E-state index is 12.8. The largest absolute Gasteiger partial charge is 0.478 e. The fourth-order valence-corrected chi connectivity index (χ4v) is 4.39. The molecule has 0 radical (unpaired) electrons. The van der Waals surface area contributed by atoms with Gasteiger partial charge in [-0.2, -0.15) is 9.78 Å². The SMILES string of the molecule is Cc1cc(C)nc(-n2nc(-c3ccc(Cl)cc3)c3c2NC(=O)CC3c2ccc(C(=O)O)cc2)n1. The van der Waals surface area contributed by atoms with Gasteiger partial charge in [-0.1, -0.05) is 35.9 Å². The molecule has 170 valence electrons. The lowest BCUT2D eigenvalue weighted by Gasteiger charge is -2.24. The Kier molecular flexibility index (Phi) is 5.37. The van der Waals surface area contributed by atoms with E-state index in [1.807, 2.05) is 32.0 Å². The molecule has 34 heavy (non-hydrogen) atoms. The van der Waals surface area contributed by atoms with E-state index in [1.165, 1.54) is 0 Å². The number of rotatable bonds is 4. The number of carboxylic acids is 1. The molecular weight excluding hydrogens is 454 g/mol. The van der Waals surface area contributed by atoms with Crippen LogP contribution in [0, 0.1) is 13.8 Å². The third kappa shape index (κ3) is 3.92. The number of carboxylic acid groups (broad SMARTS) is 1. The minimum absolute atomic E-state index is 0.173. The Morgan fingerprint density at radius 2 is 1.71 bits per heavy atom. The molecule has 2 aromatic carbocycles. The molecule has 0 spiro atoms. The van der Waals surface area contributed by atoms with Crippen LogP contribution in [0.5, 0.6) is 0 Å². The van der Waals surface area contributed by atoms with E-state index >= 15 is 0 Å². The Morgan fingerprint density at radius 3 is 2.32 bits per heavy atom. The van der Waals surface area contributed by atoms with Gasteiger partial charge in [-0.25, -0.2) is 14.8 Å². The second-order valence-corrected chi connectivity index (χ2v) is 8.65. The van der Waals surface area contributed by atoms with Crippen LogP contribution < -0.4 is 5.32 Å². The number of fused-ring (bicyclic) bond motifs is 1. The predicted molar refractivity (Wildman–Crippen MR) is 128 cm³/mol. The summed E-state index contributed by atoms with van der Waals surface area (Å²) in [7, 11) is 0. The molecule has 9 heteroatoms. The molecule has 1 aliphatic heterocycles. The Morgan fingerprint density at radius 1 is 1.06 bits per heavy atom. The molecule has 5 rings (SSSR count). The number of benzene rings is 2. The fourth-order valence-electron chi connectivity index (χ4n) is 4.26. The highest BCUT2D eigenvalue weighted by Crippen LogP contribution is 2.43. The highest BCUT2D eigenvalue weighted by Gasteiger charge is 2.35. The zero-order valence-corrected chi connectivity index (χ0v) is 19.2. The quantitative estimate of drug-likeness (QED) is 0.441. The molecule has 1 atom stereocenters. The first-order valence-corrected chi connectivity index (χ1v) is 11.0. The van der Waals surface area contributed by atoms with Crippen molar-refractivity contribution in [3.63, 3.8) is 0 Å². The number of aryl methyl sites for hydroxylation is 2. The number of nitrogens with one attached hydrogen (secondary N) is 1. The molecule has 8 nitrogen and oxygen atoms in total. The summed E-state index contributed by atoms with van der Waals surface area (Å²) in [5.41, 5.74) is 4.87. The van der Waals surface area contributed by atoms with Gasteiger partial charge in [-0.15, -0.1) is 0 Å².